The van der Waals surface area contributed by atoms with E-state index in [0.29, 0.717) is 6.61 Å². The Morgan fingerprint density at radius 3 is 2.70 bits per heavy atom. The van der Waals surface area contributed by atoms with Gasteiger partial charge in [0, 0.05) is 11.9 Å². The van der Waals surface area contributed by atoms with Gasteiger partial charge >= 0.3 is 0 Å². The van der Waals surface area contributed by atoms with Gasteiger partial charge in [0.15, 0.2) is 0 Å². The number of hydrogen-bond acceptors (Lipinski definition) is 2. The highest BCUT2D eigenvalue weighted by Gasteiger charge is 1.99. The Kier molecular flexibility index (Phi) is 7.81. The van der Waals surface area contributed by atoms with Crippen LogP contribution in [0.4, 0.5) is 0 Å². The van der Waals surface area contributed by atoms with Gasteiger partial charge in [-0.25, -0.2) is 0 Å². The van der Waals surface area contributed by atoms with Crippen molar-refractivity contribution in [3.63, 3.8) is 0 Å². The monoisotopic (exact) mass is 210 g/mol. The molecule has 62 valence electrons. The molecule has 0 rings (SSSR count). The molecule has 0 aromatic carbocycles. The van der Waals surface area contributed by atoms with Crippen molar-refractivity contribution in [3.05, 3.63) is 0 Å². The van der Waals surface area contributed by atoms with Crippen LogP contribution in [0.5, 0.6) is 0 Å². The van der Waals surface area contributed by atoms with Crippen molar-refractivity contribution in [2.75, 3.05) is 25.2 Å². The smallest absolute Gasteiger partial charge is 0.0780 e. The van der Waals surface area contributed by atoms with Crippen LogP contribution >= 0.6 is 15.9 Å². The highest BCUT2D eigenvalue weighted by Crippen LogP contribution is 1.92. The minimum Gasteiger partial charge on any atom is -0.379 e. The summed E-state index contributed by atoms with van der Waals surface area (Å²) in [4.78, 5) is 0. The fourth-order valence-corrected chi connectivity index (χ4v) is 0.765. The molecule has 0 amide bonds. The molecular formula is C7H15BrO2. The van der Waals surface area contributed by atoms with E-state index in [1.54, 1.807) is 0 Å². The fourth-order valence-electron chi connectivity index (χ4n) is 0.578. The van der Waals surface area contributed by atoms with Gasteiger partial charge in [-0.1, -0.05) is 15.9 Å². The van der Waals surface area contributed by atoms with E-state index in [4.69, 9.17) is 9.47 Å². The lowest BCUT2D eigenvalue weighted by Gasteiger charge is -2.10. The molecule has 0 radical (unpaired) electrons. The summed E-state index contributed by atoms with van der Waals surface area (Å²) >= 11 is 3.28. The number of halogens is 1. The van der Waals surface area contributed by atoms with Crippen LogP contribution in [-0.2, 0) is 9.47 Å². The Morgan fingerprint density at radius 2 is 2.20 bits per heavy atom. The molecule has 0 heterocycles. The predicted octanol–water partition coefficient (Wildman–Crippen LogP) is 1.82. The fraction of sp³-hybridized carbons (Fsp3) is 1.00. The number of rotatable bonds is 6. The van der Waals surface area contributed by atoms with Crippen LogP contribution in [-0.4, -0.2) is 31.3 Å². The molecule has 1 atom stereocenters. The summed E-state index contributed by atoms with van der Waals surface area (Å²) in [6, 6.07) is 0. The average molecular weight is 211 g/mol. The largest absolute Gasteiger partial charge is 0.379 e. The van der Waals surface area contributed by atoms with Crippen molar-refractivity contribution in [2.24, 2.45) is 0 Å². The lowest BCUT2D eigenvalue weighted by atomic mass is 10.4. The maximum absolute atomic E-state index is 5.32. The van der Waals surface area contributed by atoms with Gasteiger partial charge in [0.05, 0.1) is 19.3 Å². The molecule has 1 unspecified atom stereocenters. The van der Waals surface area contributed by atoms with Crippen LogP contribution in [0.2, 0.25) is 0 Å². The van der Waals surface area contributed by atoms with E-state index < -0.39 is 0 Å². The summed E-state index contributed by atoms with van der Waals surface area (Å²) in [5, 5.41) is 0.892. The zero-order valence-corrected chi connectivity index (χ0v) is 8.19. The van der Waals surface area contributed by atoms with Gasteiger partial charge in [-0.2, -0.15) is 0 Å². The van der Waals surface area contributed by atoms with E-state index in [-0.39, 0.29) is 6.10 Å². The third-order valence-corrected chi connectivity index (χ3v) is 1.36. The van der Waals surface area contributed by atoms with E-state index in [1.165, 1.54) is 0 Å². The maximum atomic E-state index is 5.32. The zero-order chi connectivity index (χ0) is 7.82. The summed E-state index contributed by atoms with van der Waals surface area (Å²) in [5.41, 5.74) is 0. The third-order valence-electron chi connectivity index (χ3n) is 1.04. The number of alkyl halides is 1. The molecule has 0 bridgehead atoms. The molecule has 0 N–H and O–H groups in total. The second kappa shape index (κ2) is 7.51. The Balaban J connectivity index is 3.00. The molecule has 0 aliphatic rings. The molecule has 0 fully saturated rings. The van der Waals surface area contributed by atoms with Crippen LogP contribution in [0.1, 0.15) is 13.8 Å². The summed E-state index contributed by atoms with van der Waals surface area (Å²) in [7, 11) is 0. The molecule has 0 aliphatic heterocycles. The standard InChI is InChI=1S/C7H15BrO2/c1-3-9-6-7(2)10-5-4-8/h7H,3-6H2,1-2H3. The van der Waals surface area contributed by atoms with E-state index in [9.17, 15) is 0 Å². The first-order valence-corrected chi connectivity index (χ1v) is 4.68. The quantitative estimate of drug-likeness (QED) is 0.624. The van der Waals surface area contributed by atoms with Crippen LogP contribution in [0.25, 0.3) is 0 Å². The SMILES string of the molecule is CCOCC(C)OCCBr. The van der Waals surface area contributed by atoms with Crippen molar-refractivity contribution < 1.29 is 9.47 Å². The Labute approximate surface area is 71.0 Å². The highest BCUT2D eigenvalue weighted by molar-refractivity contribution is 9.09. The van der Waals surface area contributed by atoms with Gasteiger partial charge in [-0.15, -0.1) is 0 Å². The molecule has 10 heavy (non-hydrogen) atoms. The molecule has 2 nitrogen and oxygen atoms in total. The lowest BCUT2D eigenvalue weighted by Crippen LogP contribution is -2.16. The molecule has 0 spiro atoms. The third kappa shape index (κ3) is 6.52. The van der Waals surface area contributed by atoms with Crippen molar-refractivity contribution in [1.29, 1.82) is 0 Å². The average Bonchev–Trinajstić information content (AvgIpc) is 1.97. The lowest BCUT2D eigenvalue weighted by molar-refractivity contribution is 0.00349. The van der Waals surface area contributed by atoms with Gasteiger partial charge in [0.1, 0.15) is 0 Å². The van der Waals surface area contributed by atoms with E-state index >= 15 is 0 Å². The molecule has 0 saturated heterocycles. The second-order valence-electron chi connectivity index (χ2n) is 2.03. The first kappa shape index (κ1) is 10.4. The molecular weight excluding hydrogens is 196 g/mol. The molecule has 0 aromatic heterocycles. The van der Waals surface area contributed by atoms with Gasteiger partial charge in [0.25, 0.3) is 0 Å². The van der Waals surface area contributed by atoms with E-state index in [1.807, 2.05) is 13.8 Å². The van der Waals surface area contributed by atoms with Crippen LogP contribution in [0, 0.1) is 0 Å². The van der Waals surface area contributed by atoms with Gasteiger partial charge in [0.2, 0.25) is 0 Å². The molecule has 3 heteroatoms. The molecule has 0 saturated carbocycles. The first-order valence-electron chi connectivity index (χ1n) is 3.56. The summed E-state index contributed by atoms with van der Waals surface area (Å²) in [6.07, 6.45) is 0.220. The van der Waals surface area contributed by atoms with Crippen molar-refractivity contribution >= 4 is 15.9 Å². The van der Waals surface area contributed by atoms with Gasteiger partial charge < -0.3 is 9.47 Å². The normalized spacial score (nSPS) is 13.5. The summed E-state index contributed by atoms with van der Waals surface area (Å²) in [6.45, 7) is 6.22. The number of hydrogen-bond donors (Lipinski definition) is 0. The minimum atomic E-state index is 0.220. The minimum absolute atomic E-state index is 0.220. The van der Waals surface area contributed by atoms with Crippen molar-refractivity contribution in [1.82, 2.24) is 0 Å². The topological polar surface area (TPSA) is 18.5 Å². The van der Waals surface area contributed by atoms with Crippen LogP contribution < -0.4 is 0 Å². The maximum Gasteiger partial charge on any atom is 0.0780 e. The van der Waals surface area contributed by atoms with Crippen LogP contribution in [0.15, 0.2) is 0 Å². The van der Waals surface area contributed by atoms with E-state index in [0.717, 1.165) is 18.5 Å². The Bertz CT molecular complexity index is 60.6. The van der Waals surface area contributed by atoms with Gasteiger partial charge in [-0.3, -0.25) is 0 Å². The summed E-state index contributed by atoms with van der Waals surface area (Å²) < 4.78 is 10.5. The van der Waals surface area contributed by atoms with Crippen LogP contribution in [0.3, 0.4) is 0 Å². The van der Waals surface area contributed by atoms with E-state index in [2.05, 4.69) is 15.9 Å². The Morgan fingerprint density at radius 1 is 1.50 bits per heavy atom. The zero-order valence-electron chi connectivity index (χ0n) is 6.60. The Hall–Kier alpha value is 0.400. The highest BCUT2D eigenvalue weighted by atomic mass is 79.9. The molecule has 0 aliphatic carbocycles. The second-order valence-corrected chi connectivity index (χ2v) is 2.82. The summed E-state index contributed by atoms with van der Waals surface area (Å²) in [5.74, 6) is 0. The molecule has 0 aromatic rings. The first-order chi connectivity index (χ1) is 4.81. The number of ether oxygens (including phenoxy) is 2. The van der Waals surface area contributed by atoms with Crippen molar-refractivity contribution in [3.8, 4) is 0 Å². The predicted molar refractivity (Wildman–Crippen MR) is 45.7 cm³/mol. The van der Waals surface area contributed by atoms with Gasteiger partial charge in [-0.05, 0) is 13.8 Å². The van der Waals surface area contributed by atoms with Crippen molar-refractivity contribution in [2.45, 2.75) is 20.0 Å².